The van der Waals surface area contributed by atoms with E-state index in [1.165, 1.54) is 0 Å². The molecule has 0 amide bonds. The van der Waals surface area contributed by atoms with Crippen LogP contribution in [0.3, 0.4) is 0 Å². The van der Waals surface area contributed by atoms with E-state index in [9.17, 15) is 8.42 Å². The van der Waals surface area contributed by atoms with E-state index in [1.54, 1.807) is 26.6 Å². The molecule has 0 bridgehead atoms. The Bertz CT molecular complexity index is 740. The number of rotatable bonds is 6. The first-order valence-electron chi connectivity index (χ1n) is 7.05. The molecule has 2 rings (SSSR count). The second-order valence-corrected chi connectivity index (χ2v) is 7.13. The van der Waals surface area contributed by atoms with E-state index in [2.05, 4.69) is 14.7 Å². The van der Waals surface area contributed by atoms with Crippen LogP contribution in [0.2, 0.25) is 0 Å². The van der Waals surface area contributed by atoms with Crippen molar-refractivity contribution >= 4 is 15.7 Å². The summed E-state index contributed by atoms with van der Waals surface area (Å²) in [5.74, 6) is 0.553. The molecule has 1 aromatic carbocycles. The quantitative estimate of drug-likeness (QED) is 0.856. The van der Waals surface area contributed by atoms with Crippen molar-refractivity contribution in [3.05, 3.63) is 41.5 Å². The topological polar surface area (TPSA) is 84.1 Å². The maximum absolute atomic E-state index is 11.9. The molecule has 120 valence electrons. The summed E-state index contributed by atoms with van der Waals surface area (Å²) < 4.78 is 32.0. The summed E-state index contributed by atoms with van der Waals surface area (Å²) in [6, 6.07) is 3.83. The van der Waals surface area contributed by atoms with Crippen LogP contribution in [0.1, 0.15) is 36.6 Å². The largest absolute Gasteiger partial charge is 0.494 e. The average Bonchev–Trinajstić information content (AvgIpc) is 3.02. The van der Waals surface area contributed by atoms with Crippen LogP contribution in [-0.2, 0) is 10.0 Å². The van der Waals surface area contributed by atoms with E-state index in [1.807, 2.05) is 26.0 Å². The number of sulfonamides is 1. The zero-order chi connectivity index (χ0) is 16.3. The number of aromatic amines is 1. The summed E-state index contributed by atoms with van der Waals surface area (Å²) in [5.41, 5.74) is 3.14. The fourth-order valence-corrected chi connectivity index (χ4v) is 2.99. The molecule has 22 heavy (non-hydrogen) atoms. The third-order valence-electron chi connectivity index (χ3n) is 3.69. The van der Waals surface area contributed by atoms with Gasteiger partial charge in [0.1, 0.15) is 5.75 Å². The lowest BCUT2D eigenvalue weighted by molar-refractivity contribution is 0.410. The Kier molecular flexibility index (Phi) is 4.75. The maximum atomic E-state index is 11.9. The lowest BCUT2D eigenvalue weighted by Crippen LogP contribution is -2.17. The van der Waals surface area contributed by atoms with Crippen molar-refractivity contribution in [1.82, 2.24) is 9.97 Å². The first-order valence-corrected chi connectivity index (χ1v) is 8.71. The molecule has 1 aromatic heterocycles. The van der Waals surface area contributed by atoms with Crippen molar-refractivity contribution in [2.24, 2.45) is 0 Å². The summed E-state index contributed by atoms with van der Waals surface area (Å²) in [5, 5.41) is 0. The van der Waals surface area contributed by atoms with Gasteiger partial charge in [0.2, 0.25) is 10.0 Å². The van der Waals surface area contributed by atoms with Gasteiger partial charge in [0.15, 0.2) is 0 Å². The Balaban J connectivity index is 2.53. The summed E-state index contributed by atoms with van der Waals surface area (Å²) in [6.07, 6.45) is 3.37. The highest BCUT2D eigenvalue weighted by atomic mass is 32.2. The lowest BCUT2D eigenvalue weighted by atomic mass is 9.95. The van der Waals surface area contributed by atoms with Crippen molar-refractivity contribution in [3.63, 3.8) is 0 Å². The third kappa shape index (κ3) is 3.24. The van der Waals surface area contributed by atoms with Gasteiger partial charge in [0, 0.05) is 23.4 Å². The number of aromatic nitrogens is 2. The predicted molar refractivity (Wildman–Crippen MR) is 86.9 cm³/mol. The van der Waals surface area contributed by atoms with Crippen LogP contribution in [0.15, 0.2) is 24.7 Å². The van der Waals surface area contributed by atoms with Crippen LogP contribution in [-0.4, -0.2) is 31.2 Å². The Hall–Kier alpha value is -2.02. The number of H-pyrrole nitrogens is 1. The number of anilines is 1. The van der Waals surface area contributed by atoms with Gasteiger partial charge in [0.25, 0.3) is 0 Å². The second kappa shape index (κ2) is 6.39. The van der Waals surface area contributed by atoms with E-state index < -0.39 is 10.0 Å². The smallest absolute Gasteiger partial charge is 0.232 e. The molecule has 0 spiro atoms. The molecular weight excluding hydrogens is 302 g/mol. The zero-order valence-electron chi connectivity index (χ0n) is 13.2. The van der Waals surface area contributed by atoms with E-state index in [-0.39, 0.29) is 11.7 Å². The monoisotopic (exact) mass is 323 g/mol. The third-order valence-corrected chi connectivity index (χ3v) is 4.97. The molecule has 2 aromatic rings. The van der Waals surface area contributed by atoms with Gasteiger partial charge in [0.05, 0.1) is 24.9 Å². The maximum Gasteiger partial charge on any atom is 0.232 e. The van der Waals surface area contributed by atoms with Crippen LogP contribution in [0.5, 0.6) is 5.75 Å². The minimum atomic E-state index is -3.37. The number of imidazole rings is 1. The van der Waals surface area contributed by atoms with Crippen molar-refractivity contribution < 1.29 is 13.2 Å². The Morgan fingerprint density at radius 3 is 2.68 bits per heavy atom. The highest BCUT2D eigenvalue weighted by Crippen LogP contribution is 2.38. The standard InChI is InChI=1S/C15H21N3O3S/c1-5-22(19,20)18-14-10(2)6-7-12(15(14)21-4)11(3)13-8-16-9-17-13/h6-9,11,18H,5H2,1-4H3,(H,16,17). The van der Waals surface area contributed by atoms with E-state index >= 15 is 0 Å². The first kappa shape index (κ1) is 16.4. The molecule has 7 heteroatoms. The molecule has 0 aliphatic rings. The summed E-state index contributed by atoms with van der Waals surface area (Å²) >= 11 is 0. The normalized spacial score (nSPS) is 12.9. The van der Waals surface area contributed by atoms with E-state index in [4.69, 9.17) is 4.74 Å². The van der Waals surface area contributed by atoms with E-state index in [0.29, 0.717) is 11.4 Å². The first-order chi connectivity index (χ1) is 10.4. The minimum absolute atomic E-state index is 0.00271. The molecule has 0 saturated heterocycles. The number of benzene rings is 1. The number of nitrogens with zero attached hydrogens (tertiary/aromatic N) is 1. The lowest BCUT2D eigenvalue weighted by Gasteiger charge is -2.20. The van der Waals surface area contributed by atoms with Crippen molar-refractivity contribution in [2.75, 3.05) is 17.6 Å². The highest BCUT2D eigenvalue weighted by molar-refractivity contribution is 7.92. The fraction of sp³-hybridized carbons (Fsp3) is 0.400. The summed E-state index contributed by atoms with van der Waals surface area (Å²) in [6.45, 7) is 5.46. The van der Waals surface area contributed by atoms with Gasteiger partial charge in [-0.3, -0.25) is 4.72 Å². The van der Waals surface area contributed by atoms with Gasteiger partial charge < -0.3 is 9.72 Å². The molecule has 0 saturated carbocycles. The second-order valence-electron chi connectivity index (χ2n) is 5.11. The molecule has 0 aliphatic carbocycles. The zero-order valence-corrected chi connectivity index (χ0v) is 14.0. The van der Waals surface area contributed by atoms with Crippen LogP contribution in [0, 0.1) is 6.92 Å². The minimum Gasteiger partial charge on any atom is -0.494 e. The number of ether oxygens (including phenoxy) is 1. The molecule has 2 N–H and O–H groups in total. The SMILES string of the molecule is CCS(=O)(=O)Nc1c(C)ccc(C(C)c2cnc[nH]2)c1OC. The van der Waals surface area contributed by atoms with Crippen molar-refractivity contribution in [2.45, 2.75) is 26.7 Å². The van der Waals surface area contributed by atoms with Gasteiger partial charge in [-0.1, -0.05) is 19.1 Å². The molecular formula is C15H21N3O3S. The number of methoxy groups -OCH3 is 1. The van der Waals surface area contributed by atoms with Crippen LogP contribution in [0.25, 0.3) is 0 Å². The molecule has 1 unspecified atom stereocenters. The average molecular weight is 323 g/mol. The summed E-state index contributed by atoms with van der Waals surface area (Å²) in [7, 11) is -1.83. The molecule has 0 radical (unpaired) electrons. The number of hydrogen-bond acceptors (Lipinski definition) is 4. The molecule has 1 atom stereocenters. The van der Waals surface area contributed by atoms with Gasteiger partial charge in [-0.25, -0.2) is 13.4 Å². The van der Waals surface area contributed by atoms with Crippen LogP contribution in [0.4, 0.5) is 5.69 Å². The predicted octanol–water partition coefficient (Wildman–Crippen LogP) is 2.64. The van der Waals surface area contributed by atoms with Crippen molar-refractivity contribution in [3.8, 4) is 5.75 Å². The molecule has 0 aliphatic heterocycles. The number of nitrogens with one attached hydrogen (secondary N) is 2. The number of aryl methyl sites for hydroxylation is 1. The van der Waals surface area contributed by atoms with Gasteiger partial charge in [-0.15, -0.1) is 0 Å². The van der Waals surface area contributed by atoms with Gasteiger partial charge >= 0.3 is 0 Å². The van der Waals surface area contributed by atoms with Gasteiger partial charge in [-0.05, 0) is 19.4 Å². The molecule has 0 fully saturated rings. The summed E-state index contributed by atoms with van der Waals surface area (Å²) in [4.78, 5) is 7.10. The Labute approximate surface area is 131 Å². The van der Waals surface area contributed by atoms with Crippen LogP contribution >= 0.6 is 0 Å². The van der Waals surface area contributed by atoms with E-state index in [0.717, 1.165) is 16.8 Å². The highest BCUT2D eigenvalue weighted by Gasteiger charge is 2.21. The molecule has 6 nitrogen and oxygen atoms in total. The Morgan fingerprint density at radius 2 is 2.14 bits per heavy atom. The van der Waals surface area contributed by atoms with Crippen LogP contribution < -0.4 is 9.46 Å². The molecule has 1 heterocycles. The fourth-order valence-electron chi connectivity index (χ4n) is 2.28. The van der Waals surface area contributed by atoms with Crippen molar-refractivity contribution in [1.29, 1.82) is 0 Å². The number of hydrogen-bond donors (Lipinski definition) is 2. The van der Waals surface area contributed by atoms with Gasteiger partial charge in [-0.2, -0.15) is 0 Å². The Morgan fingerprint density at radius 1 is 1.41 bits per heavy atom.